The Labute approximate surface area is 97.5 Å². The fourth-order valence-electron chi connectivity index (χ4n) is 1.12. The lowest BCUT2D eigenvalue weighted by Crippen LogP contribution is -2.32. The Balaban J connectivity index is 2.68. The number of anilines is 1. The SMILES string of the molecule is CN(CCC#N)C(=O)Nc1cc(F)ccc1F. The molecule has 1 N–H and O–H groups in total. The van der Waals surface area contributed by atoms with Crippen molar-refractivity contribution < 1.29 is 13.6 Å². The van der Waals surface area contributed by atoms with E-state index in [4.69, 9.17) is 5.26 Å². The van der Waals surface area contributed by atoms with Crippen LogP contribution in [0.4, 0.5) is 19.3 Å². The molecule has 6 heteroatoms. The molecule has 0 aromatic heterocycles. The Morgan fingerprint density at radius 1 is 1.53 bits per heavy atom. The molecule has 17 heavy (non-hydrogen) atoms. The zero-order valence-electron chi connectivity index (χ0n) is 9.20. The molecule has 0 fully saturated rings. The number of nitrogens with zero attached hydrogens (tertiary/aromatic N) is 2. The van der Waals surface area contributed by atoms with Crippen molar-refractivity contribution in [3.8, 4) is 6.07 Å². The van der Waals surface area contributed by atoms with E-state index < -0.39 is 17.7 Å². The van der Waals surface area contributed by atoms with E-state index in [9.17, 15) is 13.6 Å². The number of amides is 2. The molecule has 0 unspecified atom stereocenters. The quantitative estimate of drug-likeness (QED) is 0.880. The van der Waals surface area contributed by atoms with Crippen molar-refractivity contribution in [3.05, 3.63) is 29.8 Å². The van der Waals surface area contributed by atoms with Gasteiger partial charge in [0.1, 0.15) is 11.6 Å². The Hall–Kier alpha value is -2.16. The van der Waals surface area contributed by atoms with Crippen LogP contribution in [-0.4, -0.2) is 24.5 Å². The van der Waals surface area contributed by atoms with Crippen molar-refractivity contribution >= 4 is 11.7 Å². The van der Waals surface area contributed by atoms with Gasteiger partial charge >= 0.3 is 6.03 Å². The Morgan fingerprint density at radius 2 is 2.24 bits per heavy atom. The van der Waals surface area contributed by atoms with Gasteiger partial charge in [-0.3, -0.25) is 0 Å². The lowest BCUT2D eigenvalue weighted by molar-refractivity contribution is 0.223. The normalized spacial score (nSPS) is 9.53. The molecule has 90 valence electrons. The maximum Gasteiger partial charge on any atom is 0.321 e. The second kappa shape index (κ2) is 5.80. The molecule has 0 aliphatic carbocycles. The highest BCUT2D eigenvalue weighted by Gasteiger charge is 2.11. The molecule has 2 amide bonds. The third kappa shape index (κ3) is 3.72. The number of rotatable bonds is 3. The summed E-state index contributed by atoms with van der Waals surface area (Å²) in [5.41, 5.74) is -0.223. The minimum absolute atomic E-state index is 0.176. The maximum atomic E-state index is 13.2. The fraction of sp³-hybridized carbons (Fsp3) is 0.273. The fourth-order valence-corrected chi connectivity index (χ4v) is 1.12. The van der Waals surface area contributed by atoms with Crippen LogP contribution in [0.3, 0.4) is 0 Å². The molecule has 1 aromatic carbocycles. The van der Waals surface area contributed by atoms with Crippen LogP contribution in [0.1, 0.15) is 6.42 Å². The molecule has 0 radical (unpaired) electrons. The number of hydrogen-bond donors (Lipinski definition) is 1. The summed E-state index contributed by atoms with van der Waals surface area (Å²) in [4.78, 5) is 12.7. The van der Waals surface area contributed by atoms with Crippen molar-refractivity contribution in [2.24, 2.45) is 0 Å². The summed E-state index contributed by atoms with van der Waals surface area (Å²) < 4.78 is 26.0. The number of carbonyl (C=O) groups excluding carboxylic acids is 1. The van der Waals surface area contributed by atoms with E-state index >= 15 is 0 Å². The summed E-state index contributed by atoms with van der Waals surface area (Å²) in [5.74, 6) is -1.35. The summed E-state index contributed by atoms with van der Waals surface area (Å²) in [6, 6.07) is 4.08. The van der Waals surface area contributed by atoms with E-state index in [-0.39, 0.29) is 18.7 Å². The number of benzene rings is 1. The average molecular weight is 239 g/mol. The Bertz CT molecular complexity index is 457. The van der Waals surface area contributed by atoms with Gasteiger partial charge in [-0.25, -0.2) is 13.6 Å². The van der Waals surface area contributed by atoms with Gasteiger partial charge in [0.15, 0.2) is 0 Å². The third-order valence-electron chi connectivity index (χ3n) is 2.08. The van der Waals surface area contributed by atoms with Gasteiger partial charge < -0.3 is 10.2 Å². The predicted octanol–water partition coefficient (Wildman–Crippen LogP) is 2.34. The molecule has 4 nitrogen and oxygen atoms in total. The first-order valence-corrected chi connectivity index (χ1v) is 4.88. The van der Waals surface area contributed by atoms with Crippen molar-refractivity contribution in [1.29, 1.82) is 5.26 Å². The van der Waals surface area contributed by atoms with Gasteiger partial charge in [-0.15, -0.1) is 0 Å². The van der Waals surface area contributed by atoms with Gasteiger partial charge in [-0.05, 0) is 12.1 Å². The van der Waals surface area contributed by atoms with Gasteiger partial charge in [-0.1, -0.05) is 0 Å². The molecular weight excluding hydrogens is 228 g/mol. The monoisotopic (exact) mass is 239 g/mol. The van der Waals surface area contributed by atoms with Gasteiger partial charge in [0.2, 0.25) is 0 Å². The number of halogens is 2. The summed E-state index contributed by atoms with van der Waals surface area (Å²) in [6.45, 7) is 0.221. The molecular formula is C11H11F2N3O. The van der Waals surface area contributed by atoms with Crippen molar-refractivity contribution in [1.82, 2.24) is 4.90 Å². The van der Waals surface area contributed by atoms with Crippen LogP contribution < -0.4 is 5.32 Å². The zero-order chi connectivity index (χ0) is 12.8. The molecule has 0 heterocycles. The summed E-state index contributed by atoms with van der Waals surface area (Å²) in [7, 11) is 1.46. The summed E-state index contributed by atoms with van der Waals surface area (Å²) in [6.07, 6.45) is 0.176. The first-order chi connectivity index (χ1) is 8.04. The molecule has 0 atom stereocenters. The van der Waals surface area contributed by atoms with Crippen LogP contribution in [-0.2, 0) is 0 Å². The molecule has 0 aliphatic rings. The van der Waals surface area contributed by atoms with E-state index in [0.29, 0.717) is 0 Å². The predicted molar refractivity (Wildman–Crippen MR) is 58.2 cm³/mol. The van der Waals surface area contributed by atoms with E-state index in [2.05, 4.69) is 5.32 Å². The van der Waals surface area contributed by atoms with Crippen molar-refractivity contribution in [2.75, 3.05) is 18.9 Å². The highest BCUT2D eigenvalue weighted by molar-refractivity contribution is 5.89. The van der Waals surface area contributed by atoms with Crippen LogP contribution in [0.5, 0.6) is 0 Å². The number of nitriles is 1. The lowest BCUT2D eigenvalue weighted by Gasteiger charge is -2.16. The standard InChI is InChI=1S/C11H11F2N3O/c1-16(6-2-5-14)11(17)15-10-7-8(12)3-4-9(10)13/h3-4,7H,2,6H2,1H3,(H,15,17). The topological polar surface area (TPSA) is 56.1 Å². The lowest BCUT2D eigenvalue weighted by atomic mass is 10.3. The minimum Gasteiger partial charge on any atom is -0.327 e. The highest BCUT2D eigenvalue weighted by Crippen LogP contribution is 2.15. The van der Waals surface area contributed by atoms with E-state index in [0.717, 1.165) is 18.2 Å². The van der Waals surface area contributed by atoms with Gasteiger partial charge in [0, 0.05) is 19.7 Å². The molecule has 0 spiro atoms. The van der Waals surface area contributed by atoms with Gasteiger partial charge in [-0.2, -0.15) is 5.26 Å². The second-order valence-corrected chi connectivity index (χ2v) is 3.38. The third-order valence-corrected chi connectivity index (χ3v) is 2.08. The van der Waals surface area contributed by atoms with E-state index in [1.54, 1.807) is 0 Å². The first kappa shape index (κ1) is 12.9. The van der Waals surface area contributed by atoms with Crippen molar-refractivity contribution in [3.63, 3.8) is 0 Å². The van der Waals surface area contributed by atoms with Crippen molar-refractivity contribution in [2.45, 2.75) is 6.42 Å². The molecule has 0 saturated carbocycles. The van der Waals surface area contributed by atoms with E-state index in [1.165, 1.54) is 11.9 Å². The van der Waals surface area contributed by atoms with Crippen LogP contribution in [0.2, 0.25) is 0 Å². The molecule has 0 bridgehead atoms. The highest BCUT2D eigenvalue weighted by atomic mass is 19.1. The van der Waals surface area contributed by atoms with Gasteiger partial charge in [0.25, 0.3) is 0 Å². The van der Waals surface area contributed by atoms with Crippen LogP contribution >= 0.6 is 0 Å². The molecule has 1 aromatic rings. The Morgan fingerprint density at radius 3 is 2.88 bits per heavy atom. The minimum atomic E-state index is -0.714. The number of nitrogens with one attached hydrogen (secondary N) is 1. The molecule has 0 saturated heterocycles. The Kier molecular flexibility index (Phi) is 4.40. The van der Waals surface area contributed by atoms with Gasteiger partial charge in [0.05, 0.1) is 18.2 Å². The summed E-state index contributed by atoms with van der Waals surface area (Å²) in [5, 5.41) is 10.6. The maximum absolute atomic E-state index is 13.2. The smallest absolute Gasteiger partial charge is 0.321 e. The molecule has 0 aliphatic heterocycles. The number of hydrogen-bond acceptors (Lipinski definition) is 2. The largest absolute Gasteiger partial charge is 0.327 e. The molecule has 1 rings (SSSR count). The first-order valence-electron chi connectivity index (χ1n) is 4.88. The second-order valence-electron chi connectivity index (χ2n) is 3.38. The average Bonchev–Trinajstić information content (AvgIpc) is 2.30. The van der Waals surface area contributed by atoms with Crippen LogP contribution in [0.25, 0.3) is 0 Å². The number of carbonyl (C=O) groups is 1. The van der Waals surface area contributed by atoms with E-state index in [1.807, 2.05) is 6.07 Å². The van der Waals surface area contributed by atoms with Crippen LogP contribution in [0.15, 0.2) is 18.2 Å². The number of urea groups is 1. The summed E-state index contributed by atoms with van der Waals surface area (Å²) >= 11 is 0. The van der Waals surface area contributed by atoms with Crippen LogP contribution in [0, 0.1) is 23.0 Å². The zero-order valence-corrected chi connectivity index (χ0v) is 9.20.